The molecule has 0 bridgehead atoms. The zero-order chi connectivity index (χ0) is 21.2. The lowest BCUT2D eigenvalue weighted by Gasteiger charge is -2.14. The highest BCUT2D eigenvalue weighted by Gasteiger charge is 2.13. The van der Waals surface area contributed by atoms with Crippen LogP contribution in [0.25, 0.3) is 59.8 Å². The van der Waals surface area contributed by atoms with Gasteiger partial charge < -0.3 is 4.57 Å². The number of aromatic nitrogens is 1. The lowest BCUT2D eigenvalue weighted by molar-refractivity contribution is 1.19. The molecule has 7 rings (SSSR count). The first-order chi connectivity index (χ1) is 15.8. The van der Waals surface area contributed by atoms with Gasteiger partial charge in [0.2, 0.25) is 0 Å². The van der Waals surface area contributed by atoms with Crippen LogP contribution in [0.5, 0.6) is 0 Å². The molecule has 0 spiro atoms. The molecule has 7 aromatic rings. The summed E-state index contributed by atoms with van der Waals surface area (Å²) in [5.41, 5.74) is 3.62. The minimum atomic E-state index is 1.11. The molecule has 32 heavy (non-hydrogen) atoms. The summed E-state index contributed by atoms with van der Waals surface area (Å²) in [6, 6.07) is 39.5. The maximum atomic E-state index is 4.00. The van der Waals surface area contributed by atoms with E-state index in [-0.39, 0.29) is 0 Å². The zero-order valence-corrected chi connectivity index (χ0v) is 18.3. The molecule has 1 aromatic heterocycles. The molecule has 2 heteroatoms. The smallest absolute Gasteiger partial charge is 0.0721 e. The number of benzene rings is 6. The predicted molar refractivity (Wildman–Crippen MR) is 139 cm³/mol. The van der Waals surface area contributed by atoms with Gasteiger partial charge in [-0.15, -0.1) is 0 Å². The number of hydrogen-bond donors (Lipinski definition) is 0. The van der Waals surface area contributed by atoms with Crippen LogP contribution in [0.4, 0.5) is 0 Å². The summed E-state index contributed by atoms with van der Waals surface area (Å²) in [7, 11) is 4.00. The van der Waals surface area contributed by atoms with Gasteiger partial charge in [-0.25, -0.2) is 0 Å². The Bertz CT molecular complexity index is 1790. The summed E-state index contributed by atoms with van der Waals surface area (Å²) in [5, 5.41) is 11.3. The third kappa shape index (κ3) is 2.44. The van der Waals surface area contributed by atoms with Crippen molar-refractivity contribution in [2.75, 3.05) is 0 Å². The molecular formula is C30H18NSi. The third-order valence-electron chi connectivity index (χ3n) is 6.62. The second-order valence-electron chi connectivity index (χ2n) is 8.45. The van der Waals surface area contributed by atoms with Crippen LogP contribution in [0, 0.1) is 0 Å². The molecule has 0 aliphatic heterocycles. The Morgan fingerprint density at radius 2 is 1.06 bits per heavy atom. The minimum Gasteiger partial charge on any atom is -0.309 e. The molecule has 0 fully saturated rings. The molecule has 0 N–H and O–H groups in total. The molecule has 0 saturated heterocycles. The molecule has 147 valence electrons. The van der Waals surface area contributed by atoms with Gasteiger partial charge in [0.1, 0.15) is 0 Å². The number of para-hydroxylation sites is 2. The summed E-state index contributed by atoms with van der Waals surface area (Å²) in [5.74, 6) is 0. The normalized spacial score (nSPS) is 11.9. The summed E-state index contributed by atoms with van der Waals surface area (Å²) in [4.78, 5) is 0. The van der Waals surface area contributed by atoms with E-state index in [1.165, 1.54) is 59.8 Å². The average molecular weight is 421 g/mol. The highest BCUT2D eigenvalue weighted by Crippen LogP contribution is 2.34. The van der Waals surface area contributed by atoms with E-state index in [9.17, 15) is 0 Å². The minimum absolute atomic E-state index is 1.11. The zero-order valence-electron chi connectivity index (χ0n) is 17.3. The fraction of sp³-hybridized carbons (Fsp3) is 0. The first kappa shape index (κ1) is 17.8. The monoisotopic (exact) mass is 420 g/mol. The van der Waals surface area contributed by atoms with Gasteiger partial charge in [0, 0.05) is 16.5 Å². The Labute approximate surface area is 188 Å². The van der Waals surface area contributed by atoms with Gasteiger partial charge in [0.05, 0.1) is 21.3 Å². The summed E-state index contributed by atoms with van der Waals surface area (Å²) < 4.78 is 2.37. The van der Waals surface area contributed by atoms with Gasteiger partial charge >= 0.3 is 0 Å². The van der Waals surface area contributed by atoms with Crippen LogP contribution in [0.1, 0.15) is 0 Å². The van der Waals surface area contributed by atoms with Crippen LogP contribution in [0.2, 0.25) is 0 Å². The van der Waals surface area contributed by atoms with Crippen LogP contribution in [-0.2, 0) is 0 Å². The van der Waals surface area contributed by atoms with Crippen molar-refractivity contribution in [3.05, 3.63) is 109 Å². The first-order valence-corrected chi connectivity index (χ1v) is 11.4. The highest BCUT2D eigenvalue weighted by molar-refractivity contribution is 6.42. The van der Waals surface area contributed by atoms with E-state index in [0.717, 1.165) is 5.19 Å². The van der Waals surface area contributed by atoms with Crippen molar-refractivity contribution < 1.29 is 0 Å². The predicted octanol–water partition coefficient (Wildman–Crippen LogP) is 7.04. The average Bonchev–Trinajstić information content (AvgIpc) is 3.17. The van der Waals surface area contributed by atoms with Gasteiger partial charge in [-0.2, -0.15) is 0 Å². The molecule has 0 saturated carbocycles. The standard InChI is InChI=1S/C30H18NSi/c32-29-18-23(31-27-11-5-3-9-24(27)25-10-4-6-12-28(25)31)16-22-14-13-21-15-19-7-1-2-8-20(19)17-26(21)30(22)29/h1-18H. The lowest BCUT2D eigenvalue weighted by atomic mass is 9.98. The van der Waals surface area contributed by atoms with Crippen LogP contribution in [0.15, 0.2) is 109 Å². The molecular weight excluding hydrogens is 402 g/mol. The van der Waals surface area contributed by atoms with Crippen molar-refractivity contribution in [3.63, 3.8) is 0 Å². The molecule has 3 radical (unpaired) electrons. The molecule has 6 aromatic carbocycles. The highest BCUT2D eigenvalue weighted by atomic mass is 28.1. The fourth-order valence-corrected chi connectivity index (χ4v) is 5.63. The number of rotatable bonds is 1. The van der Waals surface area contributed by atoms with Crippen molar-refractivity contribution in [1.29, 1.82) is 0 Å². The van der Waals surface area contributed by atoms with Crippen LogP contribution in [-0.4, -0.2) is 14.8 Å². The number of fused-ring (bicyclic) bond motifs is 7. The second-order valence-corrected chi connectivity index (χ2v) is 8.99. The van der Waals surface area contributed by atoms with E-state index in [1.807, 2.05) is 0 Å². The van der Waals surface area contributed by atoms with Crippen molar-refractivity contribution in [2.45, 2.75) is 0 Å². The Balaban J connectivity index is 1.58. The second kappa shape index (κ2) is 6.56. The van der Waals surface area contributed by atoms with E-state index in [4.69, 9.17) is 0 Å². The van der Waals surface area contributed by atoms with Crippen molar-refractivity contribution in [1.82, 2.24) is 4.57 Å². The van der Waals surface area contributed by atoms with Crippen LogP contribution < -0.4 is 5.19 Å². The van der Waals surface area contributed by atoms with E-state index in [1.54, 1.807) is 0 Å². The maximum absolute atomic E-state index is 4.00. The van der Waals surface area contributed by atoms with Crippen LogP contribution >= 0.6 is 0 Å². The summed E-state index contributed by atoms with van der Waals surface area (Å²) in [6.45, 7) is 0. The molecule has 0 atom stereocenters. The van der Waals surface area contributed by atoms with E-state index < -0.39 is 0 Å². The molecule has 1 nitrogen and oxygen atoms in total. The van der Waals surface area contributed by atoms with Gasteiger partial charge in [-0.05, 0) is 68.7 Å². The SMILES string of the molecule is [Si]c1cc(-n2c3ccccc3c3ccccc32)cc2ccc3cc4ccccc4cc3c12. The third-order valence-corrected chi connectivity index (χ3v) is 7.02. The summed E-state index contributed by atoms with van der Waals surface area (Å²) >= 11 is 0. The molecule has 0 aliphatic rings. The molecule has 0 amide bonds. The van der Waals surface area contributed by atoms with Gasteiger partial charge in [-0.3, -0.25) is 0 Å². The number of nitrogens with zero attached hydrogens (tertiary/aromatic N) is 1. The Kier molecular flexibility index (Phi) is 3.64. The van der Waals surface area contributed by atoms with Crippen molar-refractivity contribution in [2.24, 2.45) is 0 Å². The Morgan fingerprint density at radius 1 is 0.469 bits per heavy atom. The maximum Gasteiger partial charge on any atom is 0.0721 e. The number of hydrogen-bond acceptors (Lipinski definition) is 0. The van der Waals surface area contributed by atoms with E-state index in [0.29, 0.717) is 0 Å². The van der Waals surface area contributed by atoms with Crippen LogP contribution in [0.3, 0.4) is 0 Å². The molecule has 0 aliphatic carbocycles. The van der Waals surface area contributed by atoms with Crippen molar-refractivity contribution >= 4 is 69.6 Å². The largest absolute Gasteiger partial charge is 0.309 e. The lowest BCUT2D eigenvalue weighted by Crippen LogP contribution is -2.08. The fourth-order valence-electron chi connectivity index (χ4n) is 5.20. The van der Waals surface area contributed by atoms with Gasteiger partial charge in [0.15, 0.2) is 0 Å². The topological polar surface area (TPSA) is 4.93 Å². The van der Waals surface area contributed by atoms with E-state index in [2.05, 4.69) is 124 Å². The first-order valence-electron chi connectivity index (χ1n) is 10.9. The Morgan fingerprint density at radius 3 is 1.78 bits per heavy atom. The van der Waals surface area contributed by atoms with Gasteiger partial charge in [0.25, 0.3) is 0 Å². The van der Waals surface area contributed by atoms with E-state index >= 15 is 0 Å². The molecule has 0 unspecified atom stereocenters. The summed E-state index contributed by atoms with van der Waals surface area (Å²) in [6.07, 6.45) is 0. The van der Waals surface area contributed by atoms with Gasteiger partial charge in [-0.1, -0.05) is 78.0 Å². The quantitative estimate of drug-likeness (QED) is 0.152. The molecule has 1 heterocycles. The van der Waals surface area contributed by atoms with Crippen molar-refractivity contribution in [3.8, 4) is 5.69 Å². The Hall–Kier alpha value is -3.88.